The van der Waals surface area contributed by atoms with Crippen molar-refractivity contribution >= 4 is 29.1 Å². The zero-order valence-electron chi connectivity index (χ0n) is 18.3. The van der Waals surface area contributed by atoms with Crippen molar-refractivity contribution in [3.8, 4) is 16.9 Å². The maximum absolute atomic E-state index is 13.0. The second kappa shape index (κ2) is 10.3. The van der Waals surface area contributed by atoms with E-state index in [4.69, 9.17) is 11.6 Å². The van der Waals surface area contributed by atoms with E-state index in [-0.39, 0.29) is 34.7 Å². The molecule has 4 rings (SSSR count). The normalized spacial score (nSPS) is 16.1. The molecule has 1 saturated heterocycles. The molecule has 1 atom stereocenters. The number of nitrogens with zero attached hydrogens (tertiary/aromatic N) is 4. The van der Waals surface area contributed by atoms with Crippen molar-refractivity contribution in [1.82, 2.24) is 19.7 Å². The zero-order chi connectivity index (χ0) is 25.0. The third-order valence-electron chi connectivity index (χ3n) is 5.55. The molecule has 3 aromatic rings. The number of halogens is 4. The Hall–Kier alpha value is -3.60. The third-order valence-corrected chi connectivity index (χ3v) is 5.86. The van der Waals surface area contributed by atoms with E-state index in [1.165, 1.54) is 53.6 Å². The van der Waals surface area contributed by atoms with Crippen LogP contribution in [0.15, 0.2) is 55.1 Å². The summed E-state index contributed by atoms with van der Waals surface area (Å²) in [6, 6.07) is 9.48. The predicted molar refractivity (Wildman–Crippen MR) is 122 cm³/mol. The summed E-state index contributed by atoms with van der Waals surface area (Å²) in [5.41, 5.74) is 0.827. The highest BCUT2D eigenvalue weighted by molar-refractivity contribution is 6.33. The lowest BCUT2D eigenvalue weighted by atomic mass is 10.0. The Morgan fingerprint density at radius 2 is 1.83 bits per heavy atom. The van der Waals surface area contributed by atoms with Crippen molar-refractivity contribution in [3.63, 3.8) is 0 Å². The summed E-state index contributed by atoms with van der Waals surface area (Å²) < 4.78 is 44.0. The van der Waals surface area contributed by atoms with Crippen LogP contribution in [0, 0.1) is 0 Å². The number of piperidine rings is 1. The highest BCUT2D eigenvalue weighted by Crippen LogP contribution is 2.38. The van der Waals surface area contributed by atoms with Crippen LogP contribution in [0.4, 0.5) is 18.9 Å². The zero-order valence-corrected chi connectivity index (χ0v) is 19.1. The fourth-order valence-electron chi connectivity index (χ4n) is 3.99. The first-order valence-electron chi connectivity index (χ1n) is 10.8. The Labute approximate surface area is 203 Å². The Morgan fingerprint density at radius 3 is 2.54 bits per heavy atom. The van der Waals surface area contributed by atoms with Gasteiger partial charge in [-0.25, -0.2) is 0 Å². The number of benzene rings is 2. The monoisotopic (exact) mass is 507 g/mol. The van der Waals surface area contributed by atoms with Crippen molar-refractivity contribution in [1.29, 1.82) is 0 Å². The van der Waals surface area contributed by atoms with E-state index in [1.807, 2.05) is 0 Å². The minimum absolute atomic E-state index is 0.0245. The number of carbonyl (C=O) groups excluding carboxylic acids is 2. The Bertz CT molecular complexity index is 1200. The molecule has 1 fully saturated rings. The number of rotatable bonds is 6. The minimum atomic E-state index is -4.85. The van der Waals surface area contributed by atoms with Gasteiger partial charge in [-0.1, -0.05) is 35.9 Å². The maximum Gasteiger partial charge on any atom is 0.573 e. The van der Waals surface area contributed by atoms with Gasteiger partial charge in [-0.3, -0.25) is 9.59 Å². The lowest BCUT2D eigenvalue weighted by molar-refractivity contribution is -0.274. The van der Waals surface area contributed by atoms with E-state index in [0.717, 1.165) is 12.8 Å². The lowest BCUT2D eigenvalue weighted by Gasteiger charge is -2.34. The Kier molecular flexibility index (Phi) is 7.25. The van der Waals surface area contributed by atoms with Gasteiger partial charge in [-0.15, -0.1) is 23.4 Å². The summed E-state index contributed by atoms with van der Waals surface area (Å²) in [6.45, 7) is 0.478. The average molecular weight is 508 g/mol. The van der Waals surface area contributed by atoms with Crippen LogP contribution in [0.5, 0.6) is 5.75 Å². The van der Waals surface area contributed by atoms with Gasteiger partial charge in [-0.2, -0.15) is 0 Å². The molecule has 12 heteroatoms. The van der Waals surface area contributed by atoms with Crippen LogP contribution in [0.2, 0.25) is 5.02 Å². The van der Waals surface area contributed by atoms with E-state index in [2.05, 4.69) is 20.3 Å². The number of likely N-dealkylation sites (tertiary alicyclic amines) is 1. The number of carbonyl (C=O) groups is 2. The summed E-state index contributed by atoms with van der Waals surface area (Å²) >= 11 is 6.37. The third kappa shape index (κ3) is 6.10. The van der Waals surface area contributed by atoms with Crippen molar-refractivity contribution in [2.24, 2.45) is 0 Å². The number of hydrogen-bond donors (Lipinski definition) is 1. The molecular weight excluding hydrogens is 487 g/mol. The Morgan fingerprint density at radius 1 is 1.09 bits per heavy atom. The number of aromatic nitrogens is 3. The topological polar surface area (TPSA) is 89.4 Å². The highest BCUT2D eigenvalue weighted by atomic mass is 35.5. The van der Waals surface area contributed by atoms with Crippen LogP contribution in [0.1, 0.15) is 19.3 Å². The molecule has 1 unspecified atom stereocenters. The number of amides is 2. The molecule has 8 nitrogen and oxygen atoms in total. The van der Waals surface area contributed by atoms with Crippen LogP contribution >= 0.6 is 11.6 Å². The number of para-hydroxylation sites is 1. The van der Waals surface area contributed by atoms with Crippen molar-refractivity contribution in [2.75, 3.05) is 11.9 Å². The molecule has 2 heterocycles. The van der Waals surface area contributed by atoms with Gasteiger partial charge in [0.1, 0.15) is 31.0 Å². The minimum Gasteiger partial charge on any atom is -0.405 e. The number of hydrogen-bond acceptors (Lipinski definition) is 5. The van der Waals surface area contributed by atoms with Gasteiger partial charge < -0.3 is 19.5 Å². The molecule has 35 heavy (non-hydrogen) atoms. The average Bonchev–Trinajstić information content (AvgIpc) is 3.32. The first-order valence-corrected chi connectivity index (χ1v) is 11.2. The van der Waals surface area contributed by atoms with Gasteiger partial charge >= 0.3 is 6.36 Å². The first kappa shape index (κ1) is 24.5. The summed E-state index contributed by atoms with van der Waals surface area (Å²) in [4.78, 5) is 27.4. The SMILES string of the molecule is O=C(Nc1ccc(-c2ccccc2OC(F)(F)F)c(Cl)c1)C1CCCCN1C(=O)Cn1cnnc1. The largest absolute Gasteiger partial charge is 0.573 e. The Balaban J connectivity index is 1.49. The van der Waals surface area contributed by atoms with Crippen molar-refractivity contribution in [2.45, 2.75) is 38.2 Å². The van der Waals surface area contributed by atoms with Gasteiger partial charge in [-0.05, 0) is 37.5 Å². The van der Waals surface area contributed by atoms with Gasteiger partial charge in [0, 0.05) is 23.4 Å². The van der Waals surface area contributed by atoms with Crippen LogP contribution < -0.4 is 10.1 Å². The molecule has 0 bridgehead atoms. The van der Waals surface area contributed by atoms with Gasteiger partial charge in [0.2, 0.25) is 11.8 Å². The number of ether oxygens (including phenoxy) is 1. The maximum atomic E-state index is 13.0. The molecule has 0 aliphatic carbocycles. The summed E-state index contributed by atoms with van der Waals surface area (Å²) in [5, 5.41) is 10.3. The molecule has 2 amide bonds. The van der Waals surface area contributed by atoms with E-state index in [0.29, 0.717) is 24.2 Å². The van der Waals surface area contributed by atoms with Crippen LogP contribution in [-0.4, -0.2) is 50.4 Å². The lowest BCUT2D eigenvalue weighted by Crippen LogP contribution is -2.50. The molecule has 1 N–H and O–H groups in total. The van der Waals surface area contributed by atoms with E-state index in [9.17, 15) is 22.8 Å². The van der Waals surface area contributed by atoms with Gasteiger partial charge in [0.15, 0.2) is 0 Å². The molecule has 0 spiro atoms. The number of nitrogens with one attached hydrogen (secondary N) is 1. The fourth-order valence-corrected chi connectivity index (χ4v) is 4.28. The molecule has 1 aromatic heterocycles. The molecule has 0 saturated carbocycles. The molecule has 0 radical (unpaired) electrons. The molecule has 2 aromatic carbocycles. The second-order valence-corrected chi connectivity index (χ2v) is 8.37. The van der Waals surface area contributed by atoms with E-state index < -0.39 is 12.4 Å². The molecule has 1 aliphatic heterocycles. The van der Waals surface area contributed by atoms with E-state index >= 15 is 0 Å². The second-order valence-electron chi connectivity index (χ2n) is 7.96. The quantitative estimate of drug-likeness (QED) is 0.530. The van der Waals surface area contributed by atoms with Crippen LogP contribution in [0.25, 0.3) is 11.1 Å². The summed E-state index contributed by atoms with van der Waals surface area (Å²) in [7, 11) is 0. The van der Waals surface area contributed by atoms with Crippen LogP contribution in [-0.2, 0) is 16.1 Å². The molecular formula is C23H21ClF3N5O3. The van der Waals surface area contributed by atoms with Gasteiger partial charge in [0.05, 0.1) is 5.02 Å². The van der Waals surface area contributed by atoms with Crippen LogP contribution in [0.3, 0.4) is 0 Å². The molecule has 1 aliphatic rings. The van der Waals surface area contributed by atoms with E-state index in [1.54, 1.807) is 11.0 Å². The highest BCUT2D eigenvalue weighted by Gasteiger charge is 2.33. The van der Waals surface area contributed by atoms with Crippen molar-refractivity contribution in [3.05, 3.63) is 60.1 Å². The number of anilines is 1. The molecule has 184 valence electrons. The summed E-state index contributed by atoms with van der Waals surface area (Å²) in [6.07, 6.45) is 0.0977. The predicted octanol–water partition coefficient (Wildman–Crippen LogP) is 4.52. The fraction of sp³-hybridized carbons (Fsp3) is 0.304. The van der Waals surface area contributed by atoms with Gasteiger partial charge in [0.25, 0.3) is 0 Å². The standard InChI is InChI=1S/C23H21ClF3N5O3/c24-18-11-15(8-9-16(18)17-5-1-2-7-20(17)35-23(25,26)27)30-22(34)19-6-3-4-10-32(19)21(33)12-31-13-28-29-14-31/h1-2,5,7-9,11,13-14,19H,3-4,6,10,12H2,(H,30,34). The number of alkyl halides is 3. The first-order chi connectivity index (χ1) is 16.7. The van der Waals surface area contributed by atoms with Crippen molar-refractivity contribution < 1.29 is 27.5 Å². The summed E-state index contributed by atoms with van der Waals surface area (Å²) in [5.74, 6) is -0.978. The smallest absolute Gasteiger partial charge is 0.405 e.